The maximum Gasteiger partial charge on any atom is 0.408 e. The zero-order valence-electron chi connectivity index (χ0n) is 12.0. The SMILES string of the molecule is CC(C)(C)OC(=O)N[C@@H](c1ccccc1F)C(S)C(=O)O. The molecule has 0 aliphatic carbocycles. The van der Waals surface area contributed by atoms with Crippen molar-refractivity contribution in [1.82, 2.24) is 5.32 Å². The number of amides is 1. The molecule has 1 rings (SSSR count). The summed E-state index contributed by atoms with van der Waals surface area (Å²) < 4.78 is 18.9. The Morgan fingerprint density at radius 2 is 1.90 bits per heavy atom. The summed E-state index contributed by atoms with van der Waals surface area (Å²) in [5.41, 5.74) is -0.718. The smallest absolute Gasteiger partial charge is 0.408 e. The molecule has 2 N–H and O–H groups in total. The number of rotatable bonds is 4. The third-order valence-corrected chi connectivity index (χ3v) is 3.00. The van der Waals surface area contributed by atoms with Crippen LogP contribution in [0.5, 0.6) is 0 Å². The summed E-state index contributed by atoms with van der Waals surface area (Å²) in [4.78, 5) is 22.9. The molecule has 0 radical (unpaired) electrons. The Morgan fingerprint density at radius 3 is 2.38 bits per heavy atom. The van der Waals surface area contributed by atoms with Gasteiger partial charge in [-0.05, 0) is 26.8 Å². The van der Waals surface area contributed by atoms with E-state index in [2.05, 4.69) is 17.9 Å². The van der Waals surface area contributed by atoms with Crippen LogP contribution in [0, 0.1) is 5.82 Å². The first-order chi connectivity index (χ1) is 9.61. The number of halogens is 1. The molecule has 0 fully saturated rings. The van der Waals surface area contributed by atoms with E-state index < -0.39 is 34.8 Å². The Balaban J connectivity index is 3.02. The first kappa shape index (κ1) is 17.3. The first-order valence-electron chi connectivity index (χ1n) is 6.26. The summed E-state index contributed by atoms with van der Waals surface area (Å²) in [5.74, 6) is -1.90. The zero-order valence-corrected chi connectivity index (χ0v) is 12.9. The molecule has 21 heavy (non-hydrogen) atoms. The van der Waals surface area contributed by atoms with Gasteiger partial charge in [0.15, 0.2) is 0 Å². The van der Waals surface area contributed by atoms with E-state index in [4.69, 9.17) is 9.84 Å². The molecule has 7 heteroatoms. The van der Waals surface area contributed by atoms with Crippen molar-refractivity contribution in [3.63, 3.8) is 0 Å². The summed E-state index contributed by atoms with van der Waals surface area (Å²) in [6.07, 6.45) is -0.837. The largest absolute Gasteiger partial charge is 0.480 e. The van der Waals surface area contributed by atoms with Gasteiger partial charge in [-0.15, -0.1) is 0 Å². The summed E-state index contributed by atoms with van der Waals surface area (Å²) in [5, 5.41) is 10.1. The number of thiol groups is 1. The molecular formula is C14H18FNO4S. The van der Waals surface area contributed by atoms with Crippen molar-refractivity contribution < 1.29 is 23.8 Å². The molecular weight excluding hydrogens is 297 g/mol. The molecule has 0 spiro atoms. The number of ether oxygens (including phenoxy) is 1. The van der Waals surface area contributed by atoms with Gasteiger partial charge in [0.1, 0.15) is 16.7 Å². The highest BCUT2D eigenvalue weighted by atomic mass is 32.1. The fraction of sp³-hybridized carbons (Fsp3) is 0.429. The van der Waals surface area contributed by atoms with Gasteiger partial charge in [0, 0.05) is 5.56 Å². The van der Waals surface area contributed by atoms with E-state index >= 15 is 0 Å². The van der Waals surface area contributed by atoms with Gasteiger partial charge in [-0.25, -0.2) is 9.18 Å². The van der Waals surface area contributed by atoms with E-state index in [1.807, 2.05) is 0 Å². The topological polar surface area (TPSA) is 75.6 Å². The highest BCUT2D eigenvalue weighted by Crippen LogP contribution is 2.24. The van der Waals surface area contributed by atoms with E-state index in [-0.39, 0.29) is 5.56 Å². The normalized spacial score (nSPS) is 14.1. The molecule has 5 nitrogen and oxygen atoms in total. The van der Waals surface area contributed by atoms with Crippen LogP contribution in [0.1, 0.15) is 32.4 Å². The predicted octanol–water partition coefficient (Wildman–Crippen LogP) is 2.77. The van der Waals surface area contributed by atoms with Crippen molar-refractivity contribution in [1.29, 1.82) is 0 Å². The summed E-state index contributed by atoms with van der Waals surface area (Å²) in [7, 11) is 0. The molecule has 0 saturated carbocycles. The van der Waals surface area contributed by atoms with Gasteiger partial charge < -0.3 is 15.2 Å². The Hall–Kier alpha value is -1.76. The number of carboxylic acid groups (broad SMARTS) is 1. The van der Waals surface area contributed by atoms with Crippen LogP contribution in [0.25, 0.3) is 0 Å². The predicted molar refractivity (Wildman–Crippen MR) is 78.9 cm³/mol. The van der Waals surface area contributed by atoms with Crippen LogP contribution >= 0.6 is 12.6 Å². The quantitative estimate of drug-likeness (QED) is 0.747. The molecule has 0 aromatic heterocycles. The Kier molecular flexibility index (Phi) is 5.60. The van der Waals surface area contributed by atoms with Crippen LogP contribution in [0.3, 0.4) is 0 Å². The number of hydrogen-bond acceptors (Lipinski definition) is 4. The summed E-state index contributed by atoms with van der Waals surface area (Å²) in [6.45, 7) is 5.00. The second kappa shape index (κ2) is 6.80. The minimum atomic E-state index is -1.31. The van der Waals surface area contributed by atoms with E-state index in [1.165, 1.54) is 18.2 Å². The lowest BCUT2D eigenvalue weighted by Gasteiger charge is -2.25. The lowest BCUT2D eigenvalue weighted by Crippen LogP contribution is -2.41. The minimum Gasteiger partial charge on any atom is -0.480 e. The molecule has 0 bridgehead atoms. The molecule has 0 aliphatic heterocycles. The summed E-state index contributed by atoms with van der Waals surface area (Å²) in [6, 6.07) is 4.44. The van der Waals surface area contributed by atoms with Crippen LogP contribution in [0.4, 0.5) is 9.18 Å². The standard InChI is InChI=1S/C14H18FNO4S/c1-14(2,3)20-13(19)16-10(11(21)12(17)18)8-6-4-5-7-9(8)15/h4-7,10-11,21H,1-3H3,(H,16,19)(H,17,18)/t10-,11?/m0/s1. The van der Waals surface area contributed by atoms with Gasteiger partial charge in [0.2, 0.25) is 0 Å². The van der Waals surface area contributed by atoms with Crippen molar-refractivity contribution >= 4 is 24.7 Å². The number of hydrogen-bond donors (Lipinski definition) is 3. The van der Waals surface area contributed by atoms with Crippen LogP contribution in [-0.2, 0) is 9.53 Å². The number of nitrogens with one attached hydrogen (secondary N) is 1. The molecule has 1 amide bonds. The van der Waals surface area contributed by atoms with Crippen molar-refractivity contribution in [2.45, 2.75) is 37.7 Å². The van der Waals surface area contributed by atoms with Gasteiger partial charge in [-0.3, -0.25) is 4.79 Å². The Morgan fingerprint density at radius 1 is 1.33 bits per heavy atom. The molecule has 116 valence electrons. The van der Waals surface area contributed by atoms with E-state index in [0.717, 1.165) is 0 Å². The second-order valence-corrected chi connectivity index (χ2v) is 5.98. The van der Waals surface area contributed by atoms with Gasteiger partial charge in [-0.2, -0.15) is 12.6 Å². The number of carbonyl (C=O) groups is 2. The molecule has 1 aromatic carbocycles. The fourth-order valence-corrected chi connectivity index (χ4v) is 1.87. The highest BCUT2D eigenvalue weighted by Gasteiger charge is 2.31. The molecule has 1 aromatic rings. The maximum absolute atomic E-state index is 13.8. The number of carboxylic acids is 1. The van der Waals surface area contributed by atoms with Gasteiger partial charge in [0.05, 0.1) is 6.04 Å². The average molecular weight is 315 g/mol. The lowest BCUT2D eigenvalue weighted by molar-refractivity contribution is -0.136. The van der Waals surface area contributed by atoms with Gasteiger partial charge in [0.25, 0.3) is 0 Å². The van der Waals surface area contributed by atoms with Gasteiger partial charge >= 0.3 is 12.1 Å². The molecule has 0 aliphatic rings. The van der Waals surface area contributed by atoms with Crippen molar-refractivity contribution in [3.05, 3.63) is 35.6 Å². The molecule has 0 saturated heterocycles. The molecule has 0 heterocycles. The van der Waals surface area contributed by atoms with Gasteiger partial charge in [-0.1, -0.05) is 18.2 Å². The number of aliphatic carboxylic acids is 1. The van der Waals surface area contributed by atoms with Crippen LogP contribution < -0.4 is 5.32 Å². The highest BCUT2D eigenvalue weighted by molar-refractivity contribution is 7.81. The Bertz CT molecular complexity index is 530. The van der Waals surface area contributed by atoms with E-state index in [1.54, 1.807) is 26.8 Å². The third kappa shape index (κ3) is 5.26. The van der Waals surface area contributed by atoms with Crippen LogP contribution in [0.15, 0.2) is 24.3 Å². The van der Waals surface area contributed by atoms with Crippen molar-refractivity contribution in [3.8, 4) is 0 Å². The van der Waals surface area contributed by atoms with E-state index in [9.17, 15) is 14.0 Å². The fourth-order valence-electron chi connectivity index (χ4n) is 1.63. The zero-order chi connectivity index (χ0) is 16.2. The third-order valence-electron chi connectivity index (χ3n) is 2.48. The van der Waals surface area contributed by atoms with Crippen LogP contribution in [-0.4, -0.2) is 28.0 Å². The number of benzene rings is 1. The monoisotopic (exact) mass is 315 g/mol. The van der Waals surface area contributed by atoms with Crippen LogP contribution in [0.2, 0.25) is 0 Å². The summed E-state index contributed by atoms with van der Waals surface area (Å²) >= 11 is 3.93. The molecule has 2 atom stereocenters. The van der Waals surface area contributed by atoms with Crippen molar-refractivity contribution in [2.24, 2.45) is 0 Å². The minimum absolute atomic E-state index is 0.0331. The number of carbonyl (C=O) groups excluding carboxylic acids is 1. The van der Waals surface area contributed by atoms with E-state index in [0.29, 0.717) is 0 Å². The maximum atomic E-state index is 13.8. The first-order valence-corrected chi connectivity index (χ1v) is 6.78. The molecule has 1 unspecified atom stereocenters. The Labute approximate surface area is 127 Å². The van der Waals surface area contributed by atoms with Crippen molar-refractivity contribution in [2.75, 3.05) is 0 Å². The second-order valence-electron chi connectivity index (χ2n) is 5.43. The lowest BCUT2D eigenvalue weighted by atomic mass is 10.0. The average Bonchev–Trinajstić information content (AvgIpc) is 2.34. The number of alkyl carbamates (subject to hydrolysis) is 1.